The summed E-state index contributed by atoms with van der Waals surface area (Å²) < 4.78 is 14.6. The minimum atomic E-state index is -0.448. The zero-order valence-corrected chi connectivity index (χ0v) is 16.9. The molecule has 1 aromatic carbocycles. The molecule has 3 aromatic rings. The summed E-state index contributed by atoms with van der Waals surface area (Å²) in [5, 5.41) is 25.6. The number of halogens is 1. The van der Waals surface area contributed by atoms with Gasteiger partial charge in [0, 0.05) is 48.1 Å². The van der Waals surface area contributed by atoms with Gasteiger partial charge in [-0.05, 0) is 50.6 Å². The Kier molecular flexibility index (Phi) is 4.86. The van der Waals surface area contributed by atoms with E-state index in [0.717, 1.165) is 31.4 Å². The van der Waals surface area contributed by atoms with Crippen LogP contribution in [0.25, 0.3) is 22.4 Å². The Hall–Kier alpha value is -3.00. The minimum absolute atomic E-state index is 0.0435. The summed E-state index contributed by atoms with van der Waals surface area (Å²) >= 11 is 0. The van der Waals surface area contributed by atoms with Crippen molar-refractivity contribution in [3.8, 4) is 28.1 Å². The Bertz CT molecular complexity index is 1020. The molecule has 0 unspecified atom stereocenters. The number of anilines is 1. The molecule has 156 valence electrons. The fraction of sp³-hybridized carbons (Fsp3) is 0.409. The number of rotatable bonds is 5. The van der Waals surface area contributed by atoms with Crippen LogP contribution >= 0.6 is 0 Å². The molecule has 30 heavy (non-hydrogen) atoms. The molecule has 0 spiro atoms. The molecular weight excluding hydrogens is 383 g/mol. The average Bonchev–Trinajstić information content (AvgIpc) is 3.40. The van der Waals surface area contributed by atoms with Crippen molar-refractivity contribution in [1.29, 1.82) is 0 Å². The lowest BCUT2D eigenvalue weighted by Crippen LogP contribution is -2.45. The highest BCUT2D eigenvalue weighted by Gasteiger charge is 2.32. The summed E-state index contributed by atoms with van der Waals surface area (Å²) in [5.41, 5.74) is 1.62. The molecule has 2 fully saturated rings. The molecule has 8 heteroatoms. The van der Waals surface area contributed by atoms with Gasteiger partial charge < -0.3 is 10.0 Å². The lowest BCUT2D eigenvalue weighted by atomic mass is 9.91. The summed E-state index contributed by atoms with van der Waals surface area (Å²) in [6.07, 6.45) is 8.17. The van der Waals surface area contributed by atoms with Crippen molar-refractivity contribution < 1.29 is 9.50 Å². The quantitative estimate of drug-likeness (QED) is 0.673. The number of nitrogens with one attached hydrogen (secondary N) is 1. The molecular formula is C22H25FN6O. The maximum atomic E-state index is 14.6. The van der Waals surface area contributed by atoms with Gasteiger partial charge in [-0.1, -0.05) is 6.42 Å². The number of phenolic OH excluding ortho intramolecular Hbond substituents is 1. The molecule has 1 aliphatic heterocycles. The largest absolute Gasteiger partial charge is 0.507 e. The van der Waals surface area contributed by atoms with Gasteiger partial charge in [0.15, 0.2) is 5.82 Å². The second kappa shape index (κ2) is 7.68. The van der Waals surface area contributed by atoms with Crippen molar-refractivity contribution in [2.45, 2.75) is 37.8 Å². The summed E-state index contributed by atoms with van der Waals surface area (Å²) in [6, 6.07) is 7.65. The number of nitrogens with zero attached hydrogens (tertiary/aromatic N) is 5. The van der Waals surface area contributed by atoms with Crippen molar-refractivity contribution in [3.63, 3.8) is 0 Å². The second-order valence-electron chi connectivity index (χ2n) is 8.25. The Morgan fingerprint density at radius 1 is 1.13 bits per heavy atom. The topological polar surface area (TPSA) is 81.2 Å². The standard InChI is InChI=1S/C22H25FN6O/c1-28(15-3-2-4-15)16-7-8-29(13-16)22-6-5-20(26-27-22)18-9-19(23)17(10-21(18)30)14-11-24-25-12-14/h5-6,9-12,15-16,30H,2-4,7-8,13H2,1H3,(H,24,25)/t16-/m0/s1. The number of aromatic hydroxyl groups is 1. The number of benzene rings is 1. The van der Waals surface area contributed by atoms with Crippen LogP contribution in [-0.4, -0.2) is 62.6 Å². The van der Waals surface area contributed by atoms with Gasteiger partial charge in [-0.2, -0.15) is 5.10 Å². The summed E-state index contributed by atoms with van der Waals surface area (Å²) in [6.45, 7) is 1.90. The maximum Gasteiger partial charge on any atom is 0.151 e. The summed E-state index contributed by atoms with van der Waals surface area (Å²) in [5.74, 6) is 0.327. The number of aromatic amines is 1. The van der Waals surface area contributed by atoms with Crippen LogP contribution in [0.1, 0.15) is 25.7 Å². The highest BCUT2D eigenvalue weighted by molar-refractivity contribution is 5.74. The van der Waals surface area contributed by atoms with Gasteiger partial charge >= 0.3 is 0 Å². The van der Waals surface area contributed by atoms with E-state index in [9.17, 15) is 9.50 Å². The molecule has 2 N–H and O–H groups in total. The van der Waals surface area contributed by atoms with Crippen molar-refractivity contribution in [3.05, 3.63) is 42.5 Å². The van der Waals surface area contributed by atoms with Crippen LogP contribution < -0.4 is 4.90 Å². The summed E-state index contributed by atoms with van der Waals surface area (Å²) in [7, 11) is 2.23. The Morgan fingerprint density at radius 2 is 2.00 bits per heavy atom. The van der Waals surface area contributed by atoms with E-state index in [1.54, 1.807) is 12.3 Å². The third-order valence-corrected chi connectivity index (χ3v) is 6.54. The van der Waals surface area contributed by atoms with E-state index in [-0.39, 0.29) is 11.3 Å². The van der Waals surface area contributed by atoms with Gasteiger partial charge in [-0.3, -0.25) is 10.00 Å². The van der Waals surface area contributed by atoms with Gasteiger partial charge in [0.2, 0.25) is 0 Å². The first-order valence-corrected chi connectivity index (χ1v) is 10.4. The molecule has 0 radical (unpaired) electrons. The highest BCUT2D eigenvalue weighted by atomic mass is 19.1. The van der Waals surface area contributed by atoms with Crippen LogP contribution in [0.5, 0.6) is 5.75 Å². The van der Waals surface area contributed by atoms with E-state index in [0.29, 0.717) is 22.9 Å². The number of hydrogen-bond donors (Lipinski definition) is 2. The molecule has 3 heterocycles. The molecule has 1 saturated carbocycles. The molecule has 2 aromatic heterocycles. The smallest absolute Gasteiger partial charge is 0.151 e. The van der Waals surface area contributed by atoms with Gasteiger partial charge in [0.25, 0.3) is 0 Å². The van der Waals surface area contributed by atoms with E-state index in [2.05, 4.69) is 37.2 Å². The van der Waals surface area contributed by atoms with Crippen LogP contribution in [0, 0.1) is 5.82 Å². The Balaban J connectivity index is 1.32. The average molecular weight is 408 g/mol. The van der Waals surface area contributed by atoms with E-state index >= 15 is 0 Å². The zero-order valence-electron chi connectivity index (χ0n) is 16.9. The molecule has 1 aliphatic carbocycles. The number of H-pyrrole nitrogens is 1. The number of phenols is 1. The SMILES string of the molecule is CN(C1CCC1)[C@H]1CCN(c2ccc(-c3cc(F)c(-c4cn[nH]c4)cc3O)nn2)C1. The van der Waals surface area contributed by atoms with Crippen LogP contribution in [0.4, 0.5) is 10.2 Å². The number of hydrogen-bond acceptors (Lipinski definition) is 6. The van der Waals surface area contributed by atoms with Crippen LogP contribution in [-0.2, 0) is 0 Å². The molecule has 0 amide bonds. The van der Waals surface area contributed by atoms with Crippen molar-refractivity contribution in [2.75, 3.05) is 25.0 Å². The zero-order chi connectivity index (χ0) is 20.7. The third-order valence-electron chi connectivity index (χ3n) is 6.54. The first kappa shape index (κ1) is 19.0. The maximum absolute atomic E-state index is 14.6. The van der Waals surface area contributed by atoms with E-state index in [1.165, 1.54) is 37.6 Å². The molecule has 1 saturated heterocycles. The molecule has 7 nitrogen and oxygen atoms in total. The lowest BCUT2D eigenvalue weighted by molar-refractivity contribution is 0.119. The van der Waals surface area contributed by atoms with Crippen molar-refractivity contribution >= 4 is 5.82 Å². The van der Waals surface area contributed by atoms with Gasteiger partial charge in [-0.15, -0.1) is 10.2 Å². The second-order valence-corrected chi connectivity index (χ2v) is 8.25. The predicted octanol–water partition coefficient (Wildman–Crippen LogP) is 3.44. The Morgan fingerprint density at radius 3 is 2.67 bits per heavy atom. The first-order chi connectivity index (χ1) is 14.6. The van der Waals surface area contributed by atoms with Crippen LogP contribution in [0.15, 0.2) is 36.7 Å². The first-order valence-electron chi connectivity index (χ1n) is 10.4. The van der Waals surface area contributed by atoms with E-state index in [4.69, 9.17) is 0 Å². The van der Waals surface area contributed by atoms with Gasteiger partial charge in [0.05, 0.1) is 11.9 Å². The van der Waals surface area contributed by atoms with Crippen molar-refractivity contribution in [1.82, 2.24) is 25.3 Å². The number of aromatic nitrogens is 4. The molecule has 2 aliphatic rings. The normalized spacial score (nSPS) is 19.4. The monoisotopic (exact) mass is 408 g/mol. The summed E-state index contributed by atoms with van der Waals surface area (Å²) in [4.78, 5) is 4.77. The van der Waals surface area contributed by atoms with E-state index < -0.39 is 5.82 Å². The van der Waals surface area contributed by atoms with Gasteiger partial charge in [0.1, 0.15) is 11.6 Å². The fourth-order valence-corrected chi connectivity index (χ4v) is 4.40. The fourth-order valence-electron chi connectivity index (χ4n) is 4.40. The van der Waals surface area contributed by atoms with Crippen LogP contribution in [0.3, 0.4) is 0 Å². The van der Waals surface area contributed by atoms with Gasteiger partial charge in [-0.25, -0.2) is 4.39 Å². The molecule has 0 bridgehead atoms. The molecule has 5 rings (SSSR count). The minimum Gasteiger partial charge on any atom is -0.507 e. The molecule has 1 atom stereocenters. The predicted molar refractivity (Wildman–Crippen MR) is 113 cm³/mol. The third kappa shape index (κ3) is 3.41. The highest BCUT2D eigenvalue weighted by Crippen LogP contribution is 2.35. The van der Waals surface area contributed by atoms with Crippen molar-refractivity contribution in [2.24, 2.45) is 0 Å². The lowest BCUT2D eigenvalue weighted by Gasteiger charge is -2.38. The van der Waals surface area contributed by atoms with Crippen LogP contribution in [0.2, 0.25) is 0 Å². The number of likely N-dealkylation sites (N-methyl/N-ethyl adjacent to an activating group) is 1. The van der Waals surface area contributed by atoms with E-state index in [1.807, 2.05) is 6.07 Å². The Labute approximate surface area is 174 Å².